The number of fused-ring (bicyclic) bond motifs is 1. The van der Waals surface area contributed by atoms with Crippen molar-refractivity contribution in [3.05, 3.63) is 0 Å². The van der Waals surface area contributed by atoms with Gasteiger partial charge in [0.2, 0.25) is 0 Å². The molecule has 0 radical (unpaired) electrons. The fraction of sp³-hybridized carbons (Fsp3) is 0.800. The number of esters is 2. The Hall–Kier alpha value is -1.39. The molecule has 0 bridgehead atoms. The lowest BCUT2D eigenvalue weighted by Crippen LogP contribution is -2.52. The van der Waals surface area contributed by atoms with E-state index in [0.717, 1.165) is 0 Å². The highest BCUT2D eigenvalue weighted by Gasteiger charge is 2.52. The van der Waals surface area contributed by atoms with E-state index in [1.807, 2.05) is 6.92 Å². The van der Waals surface area contributed by atoms with Crippen molar-refractivity contribution in [2.45, 2.75) is 65.1 Å². The minimum absolute atomic E-state index is 0.0502. The summed E-state index contributed by atoms with van der Waals surface area (Å²) in [6, 6.07) is 0. The van der Waals surface area contributed by atoms with E-state index < -0.39 is 5.41 Å². The van der Waals surface area contributed by atoms with Gasteiger partial charge in [-0.3, -0.25) is 14.4 Å². The fourth-order valence-corrected chi connectivity index (χ4v) is 3.67. The van der Waals surface area contributed by atoms with E-state index >= 15 is 0 Å². The Kier molecular flexibility index (Phi) is 4.16. The lowest BCUT2D eigenvalue weighted by Gasteiger charge is -2.48. The molecule has 2 aliphatic carbocycles. The minimum atomic E-state index is -0.449. The predicted octanol–water partition coefficient (Wildman–Crippen LogP) is 2.02. The van der Waals surface area contributed by atoms with Crippen LogP contribution in [0.2, 0.25) is 0 Å². The molecule has 0 heterocycles. The molecule has 5 heteroatoms. The Balaban J connectivity index is 2.17. The Morgan fingerprint density at radius 1 is 1.15 bits per heavy atom. The van der Waals surface area contributed by atoms with Crippen LogP contribution in [0, 0.1) is 11.3 Å². The summed E-state index contributed by atoms with van der Waals surface area (Å²) in [7, 11) is 0. The van der Waals surface area contributed by atoms with Crippen LogP contribution in [-0.2, 0) is 23.9 Å². The molecular formula is C15H22O5. The van der Waals surface area contributed by atoms with Crippen LogP contribution < -0.4 is 0 Å². The van der Waals surface area contributed by atoms with E-state index in [2.05, 4.69) is 0 Å². The number of rotatable bonds is 2. The van der Waals surface area contributed by atoms with Crippen LogP contribution >= 0.6 is 0 Å². The van der Waals surface area contributed by atoms with Gasteiger partial charge in [-0.2, -0.15) is 0 Å². The smallest absolute Gasteiger partial charge is 0.302 e. The highest BCUT2D eigenvalue weighted by atomic mass is 16.5. The van der Waals surface area contributed by atoms with E-state index in [9.17, 15) is 14.4 Å². The molecule has 0 amide bonds. The Bertz CT molecular complexity index is 430. The molecule has 2 saturated carbocycles. The minimum Gasteiger partial charge on any atom is -0.463 e. The SMILES string of the molecule is CC(=O)O[C@H]1CC[C@]2(C)C(=O)CC[C@H](OC(C)=O)[C@H]2C1. The second-order valence-electron chi connectivity index (χ2n) is 6.14. The lowest BCUT2D eigenvalue weighted by molar-refractivity contribution is -0.172. The molecule has 0 N–H and O–H groups in total. The number of Topliss-reactive ketones (excluding diaryl/α,β-unsaturated/α-hetero) is 1. The largest absolute Gasteiger partial charge is 0.463 e. The molecule has 0 aliphatic heterocycles. The molecule has 0 aromatic carbocycles. The van der Waals surface area contributed by atoms with Gasteiger partial charge in [-0.1, -0.05) is 6.92 Å². The molecule has 20 heavy (non-hydrogen) atoms. The molecule has 4 atom stereocenters. The van der Waals surface area contributed by atoms with Crippen LogP contribution in [0.1, 0.15) is 52.9 Å². The summed E-state index contributed by atoms with van der Waals surface area (Å²) in [6.45, 7) is 4.74. The van der Waals surface area contributed by atoms with Crippen molar-refractivity contribution in [1.29, 1.82) is 0 Å². The Labute approximate surface area is 119 Å². The number of carbonyl (C=O) groups excluding carboxylic acids is 3. The topological polar surface area (TPSA) is 69.7 Å². The number of ether oxygens (including phenoxy) is 2. The standard InChI is InChI=1S/C15H22O5/c1-9(16)19-11-6-7-15(3)12(8-11)13(20-10(2)17)4-5-14(15)18/h11-13H,4-8H2,1-3H3/t11-,12+,13-,15-/m0/s1. The fourth-order valence-electron chi connectivity index (χ4n) is 3.67. The van der Waals surface area contributed by atoms with Gasteiger partial charge in [0.05, 0.1) is 0 Å². The van der Waals surface area contributed by atoms with Crippen LogP contribution in [0.15, 0.2) is 0 Å². The first-order valence-corrected chi connectivity index (χ1v) is 7.20. The van der Waals surface area contributed by atoms with E-state index in [1.54, 1.807) is 0 Å². The van der Waals surface area contributed by atoms with Gasteiger partial charge in [-0.15, -0.1) is 0 Å². The van der Waals surface area contributed by atoms with Crippen molar-refractivity contribution in [1.82, 2.24) is 0 Å². The third-order valence-electron chi connectivity index (χ3n) is 4.71. The zero-order valence-electron chi connectivity index (χ0n) is 12.3. The van der Waals surface area contributed by atoms with Gasteiger partial charge in [0.1, 0.15) is 18.0 Å². The monoisotopic (exact) mass is 282 g/mol. The first kappa shape index (κ1) is 15.0. The van der Waals surface area contributed by atoms with Crippen LogP contribution in [0.3, 0.4) is 0 Å². The first-order chi connectivity index (χ1) is 9.33. The number of ketones is 1. The molecule has 2 aliphatic rings. The maximum atomic E-state index is 12.3. The van der Waals surface area contributed by atoms with Crippen LogP contribution in [0.5, 0.6) is 0 Å². The molecule has 0 saturated heterocycles. The zero-order chi connectivity index (χ0) is 14.9. The van der Waals surface area contributed by atoms with Gasteiger partial charge in [-0.25, -0.2) is 0 Å². The highest BCUT2D eigenvalue weighted by molar-refractivity contribution is 5.86. The second-order valence-corrected chi connectivity index (χ2v) is 6.14. The van der Waals surface area contributed by atoms with Crippen molar-refractivity contribution < 1.29 is 23.9 Å². The Morgan fingerprint density at radius 2 is 1.80 bits per heavy atom. The molecular weight excluding hydrogens is 260 g/mol. The summed E-state index contributed by atoms with van der Waals surface area (Å²) in [4.78, 5) is 34.6. The van der Waals surface area contributed by atoms with Crippen LogP contribution in [-0.4, -0.2) is 29.9 Å². The lowest BCUT2D eigenvalue weighted by atomic mass is 9.58. The molecule has 2 rings (SSSR count). The maximum absolute atomic E-state index is 12.3. The summed E-state index contributed by atoms with van der Waals surface area (Å²) >= 11 is 0. The van der Waals surface area contributed by atoms with Crippen molar-refractivity contribution in [2.24, 2.45) is 11.3 Å². The van der Waals surface area contributed by atoms with Gasteiger partial charge in [0.25, 0.3) is 0 Å². The van der Waals surface area contributed by atoms with Crippen molar-refractivity contribution in [2.75, 3.05) is 0 Å². The Morgan fingerprint density at radius 3 is 2.40 bits per heavy atom. The number of hydrogen-bond donors (Lipinski definition) is 0. The number of hydrogen-bond acceptors (Lipinski definition) is 5. The average molecular weight is 282 g/mol. The quantitative estimate of drug-likeness (QED) is 0.725. The maximum Gasteiger partial charge on any atom is 0.302 e. The van der Waals surface area contributed by atoms with Crippen LogP contribution in [0.4, 0.5) is 0 Å². The van der Waals surface area contributed by atoms with Gasteiger partial charge in [0.15, 0.2) is 0 Å². The highest BCUT2D eigenvalue weighted by Crippen LogP contribution is 2.49. The van der Waals surface area contributed by atoms with E-state index in [-0.39, 0.29) is 35.8 Å². The molecule has 2 fully saturated rings. The summed E-state index contributed by atoms with van der Waals surface area (Å²) in [5.74, 6) is -0.427. The molecule has 5 nitrogen and oxygen atoms in total. The predicted molar refractivity (Wildman–Crippen MR) is 70.8 cm³/mol. The number of carbonyl (C=O) groups is 3. The normalized spacial score (nSPS) is 37.0. The third kappa shape index (κ3) is 2.86. The average Bonchev–Trinajstić information content (AvgIpc) is 2.34. The van der Waals surface area contributed by atoms with Crippen molar-refractivity contribution in [3.8, 4) is 0 Å². The molecule has 0 unspecified atom stereocenters. The van der Waals surface area contributed by atoms with Crippen molar-refractivity contribution >= 4 is 17.7 Å². The zero-order valence-corrected chi connectivity index (χ0v) is 12.3. The van der Waals surface area contributed by atoms with Gasteiger partial charge >= 0.3 is 11.9 Å². The summed E-state index contributed by atoms with van der Waals surface area (Å²) in [5.41, 5.74) is -0.449. The van der Waals surface area contributed by atoms with E-state index in [4.69, 9.17) is 9.47 Å². The molecule has 112 valence electrons. The summed E-state index contributed by atoms with van der Waals surface area (Å²) < 4.78 is 10.7. The molecule has 0 aromatic heterocycles. The summed E-state index contributed by atoms with van der Waals surface area (Å²) in [6.07, 6.45) is 2.61. The van der Waals surface area contributed by atoms with E-state index in [0.29, 0.717) is 32.1 Å². The molecule has 0 spiro atoms. The van der Waals surface area contributed by atoms with Gasteiger partial charge in [-0.05, 0) is 25.7 Å². The third-order valence-corrected chi connectivity index (χ3v) is 4.71. The second kappa shape index (κ2) is 5.54. The first-order valence-electron chi connectivity index (χ1n) is 7.20. The molecule has 0 aromatic rings. The van der Waals surface area contributed by atoms with Crippen molar-refractivity contribution in [3.63, 3.8) is 0 Å². The summed E-state index contributed by atoms with van der Waals surface area (Å²) in [5, 5.41) is 0. The van der Waals surface area contributed by atoms with E-state index in [1.165, 1.54) is 13.8 Å². The van der Waals surface area contributed by atoms with Gasteiger partial charge < -0.3 is 9.47 Å². The van der Waals surface area contributed by atoms with Crippen LogP contribution in [0.25, 0.3) is 0 Å². The van der Waals surface area contributed by atoms with Gasteiger partial charge in [0, 0.05) is 31.6 Å².